The van der Waals surface area contributed by atoms with Crippen LogP contribution < -0.4 is 0 Å². The van der Waals surface area contributed by atoms with Crippen LogP contribution in [0.25, 0.3) is 0 Å². The van der Waals surface area contributed by atoms with Gasteiger partial charge in [0.15, 0.2) is 0 Å². The first kappa shape index (κ1) is 10.1. The fourth-order valence-corrected chi connectivity index (χ4v) is 1.01. The molecule has 0 heterocycles. The Kier molecular flexibility index (Phi) is 2.93. The first-order valence-corrected chi connectivity index (χ1v) is 3.79. The van der Waals surface area contributed by atoms with Crippen molar-refractivity contribution in [3.63, 3.8) is 0 Å². The molecule has 1 rings (SSSR count). The lowest BCUT2D eigenvalue weighted by molar-refractivity contribution is -0.154. The van der Waals surface area contributed by atoms with Gasteiger partial charge in [-0.1, -0.05) is 30.3 Å². The van der Waals surface area contributed by atoms with Gasteiger partial charge in [-0.25, -0.2) is 0 Å². The number of alkyl halides is 3. The van der Waals surface area contributed by atoms with Crippen molar-refractivity contribution in [3.8, 4) is 0 Å². The molecule has 4 heteroatoms. The van der Waals surface area contributed by atoms with Crippen molar-refractivity contribution in [2.24, 2.45) is 0 Å². The summed E-state index contributed by atoms with van der Waals surface area (Å²) in [5.74, 6) is 0. The number of hydrogen-bond donors (Lipinski definition) is 1. The molecule has 0 saturated heterocycles. The summed E-state index contributed by atoms with van der Waals surface area (Å²) in [7, 11) is 0. The number of halogens is 3. The first-order chi connectivity index (χ1) is 5.99. The van der Waals surface area contributed by atoms with Gasteiger partial charge in [0.05, 0.1) is 12.5 Å². The Morgan fingerprint density at radius 1 is 1.15 bits per heavy atom. The van der Waals surface area contributed by atoms with Crippen LogP contribution in [0.1, 0.15) is 18.1 Å². The predicted molar refractivity (Wildman–Crippen MR) is 42.1 cm³/mol. The molecule has 0 aromatic heterocycles. The molecule has 0 aliphatic rings. The highest BCUT2D eigenvalue weighted by atomic mass is 19.4. The quantitative estimate of drug-likeness (QED) is 0.760. The summed E-state index contributed by atoms with van der Waals surface area (Å²) < 4.78 is 35.5. The van der Waals surface area contributed by atoms with E-state index in [-0.39, 0.29) is 0 Å². The van der Waals surface area contributed by atoms with Gasteiger partial charge in [-0.2, -0.15) is 13.2 Å². The van der Waals surface area contributed by atoms with E-state index >= 15 is 0 Å². The number of rotatable bonds is 2. The Bertz CT molecular complexity index is 255. The molecule has 1 aromatic carbocycles. The molecule has 0 amide bonds. The first-order valence-electron chi connectivity index (χ1n) is 3.79. The van der Waals surface area contributed by atoms with Crippen molar-refractivity contribution >= 4 is 0 Å². The van der Waals surface area contributed by atoms with Crippen molar-refractivity contribution in [2.75, 3.05) is 0 Å². The Morgan fingerprint density at radius 2 is 1.69 bits per heavy atom. The summed E-state index contributed by atoms with van der Waals surface area (Å²) in [6, 6.07) is 7.81. The van der Waals surface area contributed by atoms with Crippen molar-refractivity contribution in [3.05, 3.63) is 35.9 Å². The Labute approximate surface area is 73.8 Å². The summed E-state index contributed by atoms with van der Waals surface area (Å²) in [6.45, 7) is 0. The lowest BCUT2D eigenvalue weighted by Crippen LogP contribution is -2.13. The van der Waals surface area contributed by atoms with Gasteiger partial charge in [0.2, 0.25) is 0 Å². The van der Waals surface area contributed by atoms with Gasteiger partial charge in [0.1, 0.15) is 0 Å². The van der Waals surface area contributed by atoms with Crippen LogP contribution in [0, 0.1) is 0 Å². The topological polar surface area (TPSA) is 20.2 Å². The minimum atomic E-state index is -4.32. The molecule has 0 aliphatic heterocycles. The molecule has 0 unspecified atom stereocenters. The third-order valence-electron chi connectivity index (χ3n) is 1.61. The van der Waals surface area contributed by atoms with E-state index < -0.39 is 18.7 Å². The fourth-order valence-electron chi connectivity index (χ4n) is 1.01. The van der Waals surface area contributed by atoms with Crippen LogP contribution in [0.15, 0.2) is 30.3 Å². The molecule has 0 saturated carbocycles. The van der Waals surface area contributed by atoms with Crippen molar-refractivity contribution in [1.29, 1.82) is 0 Å². The van der Waals surface area contributed by atoms with E-state index in [2.05, 4.69) is 0 Å². The minimum Gasteiger partial charge on any atom is -0.388 e. The standard InChI is InChI=1S/C9H9F3O/c10-9(11,12)6-8(13)7-4-2-1-3-5-7/h1-5,8,13H,6H2/t8-/m1/s1. The molecule has 1 N–H and O–H groups in total. The Hall–Kier alpha value is -1.03. The fraction of sp³-hybridized carbons (Fsp3) is 0.333. The van der Waals surface area contributed by atoms with Gasteiger partial charge >= 0.3 is 6.18 Å². The van der Waals surface area contributed by atoms with Gasteiger partial charge in [-0.3, -0.25) is 0 Å². The molecular formula is C9H9F3O. The molecule has 0 spiro atoms. The summed E-state index contributed by atoms with van der Waals surface area (Å²) in [5.41, 5.74) is 0.292. The molecule has 1 aromatic rings. The van der Waals surface area contributed by atoms with E-state index in [9.17, 15) is 13.2 Å². The maximum atomic E-state index is 11.8. The van der Waals surface area contributed by atoms with Gasteiger partial charge in [0.25, 0.3) is 0 Å². The van der Waals surface area contributed by atoms with Crippen LogP contribution >= 0.6 is 0 Å². The maximum absolute atomic E-state index is 11.8. The number of aliphatic hydroxyl groups is 1. The molecule has 1 atom stereocenters. The number of aliphatic hydroxyl groups excluding tert-OH is 1. The van der Waals surface area contributed by atoms with Gasteiger partial charge < -0.3 is 5.11 Å². The van der Waals surface area contributed by atoms with Crippen molar-refractivity contribution < 1.29 is 18.3 Å². The highest BCUT2D eigenvalue weighted by Crippen LogP contribution is 2.28. The van der Waals surface area contributed by atoms with Crippen LogP contribution in [0.3, 0.4) is 0 Å². The Balaban J connectivity index is 2.64. The van der Waals surface area contributed by atoms with Crippen molar-refractivity contribution in [2.45, 2.75) is 18.7 Å². The zero-order chi connectivity index (χ0) is 9.90. The number of benzene rings is 1. The smallest absolute Gasteiger partial charge is 0.388 e. The minimum absolute atomic E-state index is 0.292. The highest BCUT2D eigenvalue weighted by Gasteiger charge is 2.31. The van der Waals surface area contributed by atoms with Crippen LogP contribution in [-0.2, 0) is 0 Å². The van der Waals surface area contributed by atoms with Crippen LogP contribution in [0.2, 0.25) is 0 Å². The Morgan fingerprint density at radius 3 is 2.15 bits per heavy atom. The normalized spacial score (nSPS) is 14.2. The molecule has 1 nitrogen and oxygen atoms in total. The zero-order valence-corrected chi connectivity index (χ0v) is 6.75. The predicted octanol–water partition coefficient (Wildman–Crippen LogP) is 2.67. The lowest BCUT2D eigenvalue weighted by Gasteiger charge is -2.12. The largest absolute Gasteiger partial charge is 0.391 e. The third kappa shape index (κ3) is 3.46. The zero-order valence-electron chi connectivity index (χ0n) is 6.75. The molecule has 0 aliphatic carbocycles. The summed E-state index contributed by atoms with van der Waals surface area (Å²) in [5, 5.41) is 9.14. The van der Waals surface area contributed by atoms with Crippen molar-refractivity contribution in [1.82, 2.24) is 0 Å². The summed E-state index contributed by atoms with van der Waals surface area (Å²) in [6.07, 6.45) is -6.98. The second kappa shape index (κ2) is 3.79. The average Bonchev–Trinajstić information content (AvgIpc) is 2.03. The SMILES string of the molecule is O[C@H](CC(F)(F)F)c1ccccc1. The second-order valence-electron chi connectivity index (χ2n) is 2.75. The second-order valence-corrected chi connectivity index (χ2v) is 2.75. The van der Waals surface area contributed by atoms with Crippen LogP contribution in [-0.4, -0.2) is 11.3 Å². The molecule has 72 valence electrons. The van der Waals surface area contributed by atoms with E-state index in [0.29, 0.717) is 5.56 Å². The molecule has 0 radical (unpaired) electrons. The third-order valence-corrected chi connectivity index (χ3v) is 1.61. The number of hydrogen-bond acceptors (Lipinski definition) is 1. The molecular weight excluding hydrogens is 181 g/mol. The lowest BCUT2D eigenvalue weighted by atomic mass is 10.1. The van der Waals surface area contributed by atoms with Gasteiger partial charge in [0, 0.05) is 0 Å². The van der Waals surface area contributed by atoms with E-state index in [4.69, 9.17) is 5.11 Å². The maximum Gasteiger partial charge on any atom is 0.391 e. The molecule has 0 bridgehead atoms. The van der Waals surface area contributed by atoms with Gasteiger partial charge in [-0.15, -0.1) is 0 Å². The van der Waals surface area contributed by atoms with Crippen LogP contribution in [0.5, 0.6) is 0 Å². The van der Waals surface area contributed by atoms with E-state index in [1.54, 1.807) is 18.2 Å². The van der Waals surface area contributed by atoms with E-state index in [0.717, 1.165) is 0 Å². The summed E-state index contributed by atoms with van der Waals surface area (Å²) >= 11 is 0. The van der Waals surface area contributed by atoms with E-state index in [1.807, 2.05) is 0 Å². The highest BCUT2D eigenvalue weighted by molar-refractivity contribution is 5.17. The molecule has 13 heavy (non-hydrogen) atoms. The van der Waals surface area contributed by atoms with E-state index in [1.165, 1.54) is 12.1 Å². The average molecular weight is 190 g/mol. The summed E-state index contributed by atoms with van der Waals surface area (Å²) in [4.78, 5) is 0. The molecule has 0 fully saturated rings. The monoisotopic (exact) mass is 190 g/mol. The van der Waals surface area contributed by atoms with Gasteiger partial charge in [-0.05, 0) is 5.56 Å². The van der Waals surface area contributed by atoms with Crippen LogP contribution in [0.4, 0.5) is 13.2 Å².